The standard InChI is InChI=1S/C10H14N2O/c1-2-7-4-9-10(13-6-12-9)5-8(7)11-3-1/h2,4,8,10-12H,1,3,5-6H2. The molecule has 2 heterocycles. The van der Waals surface area contributed by atoms with Gasteiger partial charge in [0.2, 0.25) is 0 Å². The second-order valence-electron chi connectivity index (χ2n) is 3.81. The average molecular weight is 178 g/mol. The van der Waals surface area contributed by atoms with Crippen LogP contribution in [0.25, 0.3) is 0 Å². The number of nitrogens with one attached hydrogen (secondary N) is 2. The van der Waals surface area contributed by atoms with Gasteiger partial charge in [-0.3, -0.25) is 0 Å². The molecule has 0 amide bonds. The van der Waals surface area contributed by atoms with Gasteiger partial charge in [-0.2, -0.15) is 0 Å². The highest BCUT2D eigenvalue weighted by molar-refractivity contribution is 5.36. The molecular formula is C10H14N2O. The second kappa shape index (κ2) is 2.86. The maximum Gasteiger partial charge on any atom is 0.117 e. The lowest BCUT2D eigenvalue weighted by molar-refractivity contribution is 0.106. The molecule has 0 aromatic carbocycles. The fourth-order valence-electron chi connectivity index (χ4n) is 2.30. The third kappa shape index (κ3) is 1.19. The molecule has 0 aromatic heterocycles. The molecule has 0 spiro atoms. The largest absolute Gasteiger partial charge is 0.364 e. The Labute approximate surface area is 77.8 Å². The number of ether oxygens (including phenoxy) is 1. The van der Waals surface area contributed by atoms with Gasteiger partial charge in [0.1, 0.15) is 12.8 Å². The molecule has 13 heavy (non-hydrogen) atoms. The van der Waals surface area contributed by atoms with Gasteiger partial charge in [-0.05, 0) is 31.0 Å². The van der Waals surface area contributed by atoms with E-state index in [9.17, 15) is 0 Å². The molecule has 1 aliphatic carbocycles. The van der Waals surface area contributed by atoms with Crippen LogP contribution in [0.3, 0.4) is 0 Å². The van der Waals surface area contributed by atoms with Crippen molar-refractivity contribution in [1.29, 1.82) is 0 Å². The van der Waals surface area contributed by atoms with Gasteiger partial charge >= 0.3 is 0 Å². The van der Waals surface area contributed by atoms with E-state index in [1.165, 1.54) is 11.3 Å². The van der Waals surface area contributed by atoms with Gasteiger partial charge in [0.25, 0.3) is 0 Å². The third-order valence-corrected chi connectivity index (χ3v) is 3.00. The minimum absolute atomic E-state index is 0.313. The monoisotopic (exact) mass is 178 g/mol. The van der Waals surface area contributed by atoms with Crippen LogP contribution in [0.5, 0.6) is 0 Å². The van der Waals surface area contributed by atoms with Crippen molar-refractivity contribution in [1.82, 2.24) is 10.6 Å². The zero-order valence-corrected chi connectivity index (χ0v) is 7.55. The van der Waals surface area contributed by atoms with Crippen LogP contribution in [0.1, 0.15) is 12.8 Å². The maximum absolute atomic E-state index is 5.56. The summed E-state index contributed by atoms with van der Waals surface area (Å²) in [5, 5.41) is 6.77. The molecule has 1 saturated heterocycles. The Bertz CT molecular complexity index is 283. The molecule has 0 saturated carbocycles. The molecule has 2 aliphatic heterocycles. The highest BCUT2D eigenvalue weighted by Crippen LogP contribution is 2.28. The molecule has 2 atom stereocenters. The van der Waals surface area contributed by atoms with Gasteiger partial charge in [0.15, 0.2) is 0 Å². The Balaban J connectivity index is 1.94. The van der Waals surface area contributed by atoms with Crippen LogP contribution in [-0.4, -0.2) is 25.4 Å². The van der Waals surface area contributed by atoms with E-state index in [1.54, 1.807) is 0 Å². The summed E-state index contributed by atoms with van der Waals surface area (Å²) in [6.45, 7) is 1.79. The zero-order chi connectivity index (χ0) is 8.67. The molecule has 0 radical (unpaired) electrons. The SMILES string of the molecule is C1=C2C=C3NCOC3CC2NCC1. The predicted molar refractivity (Wildman–Crippen MR) is 50.1 cm³/mol. The summed E-state index contributed by atoms with van der Waals surface area (Å²) in [7, 11) is 0. The molecule has 3 heteroatoms. The quantitative estimate of drug-likeness (QED) is 0.567. The van der Waals surface area contributed by atoms with Crippen molar-refractivity contribution < 1.29 is 4.74 Å². The summed E-state index contributed by atoms with van der Waals surface area (Å²) in [4.78, 5) is 0. The molecular weight excluding hydrogens is 164 g/mol. The minimum Gasteiger partial charge on any atom is -0.364 e. The van der Waals surface area contributed by atoms with Crippen LogP contribution < -0.4 is 10.6 Å². The highest BCUT2D eigenvalue weighted by Gasteiger charge is 2.31. The molecule has 0 aromatic rings. The Morgan fingerprint density at radius 1 is 1.46 bits per heavy atom. The van der Waals surface area contributed by atoms with Crippen molar-refractivity contribution in [3.63, 3.8) is 0 Å². The molecule has 3 aliphatic rings. The summed E-state index contributed by atoms with van der Waals surface area (Å²) >= 11 is 0. The smallest absolute Gasteiger partial charge is 0.117 e. The molecule has 0 bridgehead atoms. The first kappa shape index (κ1) is 7.59. The van der Waals surface area contributed by atoms with Crippen molar-refractivity contribution in [2.75, 3.05) is 13.3 Å². The lowest BCUT2D eigenvalue weighted by Crippen LogP contribution is -2.40. The first-order valence-electron chi connectivity index (χ1n) is 4.94. The van der Waals surface area contributed by atoms with E-state index in [1.807, 2.05) is 0 Å². The van der Waals surface area contributed by atoms with Crippen LogP contribution in [0, 0.1) is 0 Å². The van der Waals surface area contributed by atoms with Gasteiger partial charge in [0.05, 0.1) is 0 Å². The Hall–Kier alpha value is -0.800. The van der Waals surface area contributed by atoms with E-state index in [2.05, 4.69) is 22.8 Å². The van der Waals surface area contributed by atoms with E-state index < -0.39 is 0 Å². The molecule has 70 valence electrons. The van der Waals surface area contributed by atoms with E-state index in [0.717, 1.165) is 19.4 Å². The van der Waals surface area contributed by atoms with Gasteiger partial charge in [-0.1, -0.05) is 6.08 Å². The molecule has 3 rings (SSSR count). The summed E-state index contributed by atoms with van der Waals surface area (Å²) < 4.78 is 5.56. The number of hydrogen-bond acceptors (Lipinski definition) is 3. The fourth-order valence-corrected chi connectivity index (χ4v) is 2.30. The molecule has 2 unspecified atom stereocenters. The summed E-state index contributed by atoms with van der Waals surface area (Å²) in [6.07, 6.45) is 7.14. The van der Waals surface area contributed by atoms with Gasteiger partial charge in [-0.25, -0.2) is 0 Å². The minimum atomic E-state index is 0.313. The fraction of sp³-hybridized carbons (Fsp3) is 0.600. The Kier molecular flexibility index (Phi) is 1.67. The van der Waals surface area contributed by atoms with Crippen LogP contribution >= 0.6 is 0 Å². The van der Waals surface area contributed by atoms with Crippen LogP contribution in [0.4, 0.5) is 0 Å². The maximum atomic E-state index is 5.56. The van der Waals surface area contributed by atoms with E-state index in [4.69, 9.17) is 4.74 Å². The topological polar surface area (TPSA) is 33.3 Å². The molecule has 3 nitrogen and oxygen atoms in total. The summed E-state index contributed by atoms with van der Waals surface area (Å²) in [5.74, 6) is 0. The molecule has 2 N–H and O–H groups in total. The van der Waals surface area contributed by atoms with Crippen molar-refractivity contribution in [2.45, 2.75) is 25.0 Å². The second-order valence-corrected chi connectivity index (χ2v) is 3.81. The lowest BCUT2D eigenvalue weighted by atomic mass is 9.89. The van der Waals surface area contributed by atoms with Crippen LogP contribution in [0.15, 0.2) is 23.4 Å². The zero-order valence-electron chi connectivity index (χ0n) is 7.55. The highest BCUT2D eigenvalue weighted by atomic mass is 16.5. The van der Waals surface area contributed by atoms with Gasteiger partial charge < -0.3 is 15.4 Å². The number of rotatable bonds is 0. The Morgan fingerprint density at radius 3 is 3.46 bits per heavy atom. The number of hydrogen-bond donors (Lipinski definition) is 2. The predicted octanol–water partition coefficient (Wildman–Crippen LogP) is 0.508. The van der Waals surface area contributed by atoms with Crippen LogP contribution in [-0.2, 0) is 4.74 Å². The van der Waals surface area contributed by atoms with Crippen molar-refractivity contribution >= 4 is 0 Å². The normalized spacial score (nSPS) is 36.9. The Morgan fingerprint density at radius 2 is 2.46 bits per heavy atom. The van der Waals surface area contributed by atoms with Gasteiger partial charge in [-0.15, -0.1) is 0 Å². The van der Waals surface area contributed by atoms with Crippen molar-refractivity contribution in [3.05, 3.63) is 23.4 Å². The number of fused-ring (bicyclic) bond motifs is 2. The molecule has 1 fully saturated rings. The van der Waals surface area contributed by atoms with E-state index in [0.29, 0.717) is 18.9 Å². The first-order valence-corrected chi connectivity index (χ1v) is 4.94. The van der Waals surface area contributed by atoms with Crippen molar-refractivity contribution in [2.24, 2.45) is 0 Å². The first-order chi connectivity index (χ1) is 6.43. The third-order valence-electron chi connectivity index (χ3n) is 3.00. The van der Waals surface area contributed by atoms with E-state index in [-0.39, 0.29) is 0 Å². The summed E-state index contributed by atoms with van der Waals surface area (Å²) in [5.41, 5.74) is 2.71. The average Bonchev–Trinajstić information content (AvgIpc) is 2.61. The van der Waals surface area contributed by atoms with E-state index >= 15 is 0 Å². The lowest BCUT2D eigenvalue weighted by Gasteiger charge is -2.30. The van der Waals surface area contributed by atoms with Crippen LogP contribution in [0.2, 0.25) is 0 Å². The summed E-state index contributed by atoms with van der Waals surface area (Å²) in [6, 6.07) is 0.530. The van der Waals surface area contributed by atoms with Gasteiger partial charge in [0, 0.05) is 11.7 Å². The van der Waals surface area contributed by atoms with Crippen molar-refractivity contribution in [3.8, 4) is 0 Å².